The summed E-state index contributed by atoms with van der Waals surface area (Å²) in [6.07, 6.45) is 0.367. The zero-order valence-electron chi connectivity index (χ0n) is 11.3. The summed E-state index contributed by atoms with van der Waals surface area (Å²) in [5.41, 5.74) is 2.01. The van der Waals surface area contributed by atoms with Crippen molar-refractivity contribution in [3.05, 3.63) is 40.2 Å². The summed E-state index contributed by atoms with van der Waals surface area (Å²) in [5, 5.41) is 8.39. The lowest BCUT2D eigenvalue weighted by Gasteiger charge is -2.07. The second kappa shape index (κ2) is 5.29. The number of aromatic nitrogens is 3. The van der Waals surface area contributed by atoms with Crippen LogP contribution in [0.1, 0.15) is 28.7 Å². The van der Waals surface area contributed by atoms with Crippen LogP contribution in [0.2, 0.25) is 5.02 Å². The van der Waals surface area contributed by atoms with Gasteiger partial charge in [0.2, 0.25) is 0 Å². The van der Waals surface area contributed by atoms with Crippen LogP contribution in [-0.2, 0) is 22.4 Å². The number of hydrogen-bond donors (Lipinski definition) is 0. The highest BCUT2D eigenvalue weighted by atomic mass is 35.5. The van der Waals surface area contributed by atoms with Gasteiger partial charge in [0.05, 0.1) is 24.4 Å². The second-order valence-corrected chi connectivity index (χ2v) is 5.12. The van der Waals surface area contributed by atoms with Crippen LogP contribution in [0.3, 0.4) is 0 Å². The third-order valence-corrected chi connectivity index (χ3v) is 3.49. The molecule has 1 aromatic heterocycles. The standard InChI is InChI=1S/C14H12ClN3O3/c1-2-21-14(20)13-12-7-10(19)5-8-3-4-9(15)6-11(8)18(12)17-16-13/h3-4,6H,2,5,7H2,1H3. The molecule has 21 heavy (non-hydrogen) atoms. The topological polar surface area (TPSA) is 74.1 Å². The lowest BCUT2D eigenvalue weighted by atomic mass is 10.1. The molecule has 7 heteroatoms. The molecule has 2 heterocycles. The maximum atomic E-state index is 12.1. The van der Waals surface area contributed by atoms with E-state index < -0.39 is 5.97 Å². The van der Waals surface area contributed by atoms with E-state index >= 15 is 0 Å². The number of ether oxygens (including phenoxy) is 1. The molecule has 0 amide bonds. The van der Waals surface area contributed by atoms with Gasteiger partial charge in [0.1, 0.15) is 5.78 Å². The summed E-state index contributed by atoms with van der Waals surface area (Å²) in [6, 6.07) is 5.22. The first kappa shape index (κ1) is 13.8. The molecule has 0 aliphatic carbocycles. The van der Waals surface area contributed by atoms with Gasteiger partial charge in [0.15, 0.2) is 5.69 Å². The first-order valence-electron chi connectivity index (χ1n) is 6.52. The molecule has 1 aliphatic rings. The van der Waals surface area contributed by atoms with Crippen molar-refractivity contribution in [3.8, 4) is 5.69 Å². The van der Waals surface area contributed by atoms with Crippen molar-refractivity contribution < 1.29 is 14.3 Å². The Balaban J connectivity index is 2.17. The Morgan fingerprint density at radius 3 is 3.00 bits per heavy atom. The van der Waals surface area contributed by atoms with Crippen molar-refractivity contribution in [2.75, 3.05) is 6.61 Å². The highest BCUT2D eigenvalue weighted by molar-refractivity contribution is 6.30. The third-order valence-electron chi connectivity index (χ3n) is 3.26. The van der Waals surface area contributed by atoms with E-state index in [-0.39, 0.29) is 30.9 Å². The molecule has 6 nitrogen and oxygen atoms in total. The second-order valence-electron chi connectivity index (χ2n) is 4.68. The SMILES string of the molecule is CCOC(=O)c1nnn2c1CC(=O)Cc1ccc(Cl)cc1-2. The number of esters is 1. The van der Waals surface area contributed by atoms with E-state index in [1.165, 1.54) is 4.68 Å². The van der Waals surface area contributed by atoms with Crippen LogP contribution in [0.25, 0.3) is 5.69 Å². The van der Waals surface area contributed by atoms with E-state index in [9.17, 15) is 9.59 Å². The zero-order valence-corrected chi connectivity index (χ0v) is 12.1. The molecule has 1 aromatic carbocycles. The van der Waals surface area contributed by atoms with E-state index in [1.807, 2.05) is 0 Å². The van der Waals surface area contributed by atoms with Gasteiger partial charge in [-0.2, -0.15) is 0 Å². The number of fused-ring (bicyclic) bond motifs is 3. The molecule has 3 rings (SSSR count). The minimum absolute atomic E-state index is 0.00910. The molecular formula is C14H12ClN3O3. The lowest BCUT2D eigenvalue weighted by Crippen LogP contribution is -2.12. The van der Waals surface area contributed by atoms with Crippen molar-refractivity contribution in [2.24, 2.45) is 0 Å². The smallest absolute Gasteiger partial charge is 0.360 e. The summed E-state index contributed by atoms with van der Waals surface area (Å²) in [4.78, 5) is 24.0. The van der Waals surface area contributed by atoms with E-state index in [2.05, 4.69) is 10.3 Å². The third kappa shape index (κ3) is 2.42. The van der Waals surface area contributed by atoms with Gasteiger partial charge in [-0.15, -0.1) is 5.10 Å². The van der Waals surface area contributed by atoms with Crippen LogP contribution in [0.15, 0.2) is 18.2 Å². The number of nitrogens with zero attached hydrogens (tertiary/aromatic N) is 3. The molecule has 0 fully saturated rings. The number of ketones is 1. The fourth-order valence-electron chi connectivity index (χ4n) is 2.36. The molecule has 0 atom stereocenters. The van der Waals surface area contributed by atoms with E-state index in [1.54, 1.807) is 25.1 Å². The predicted molar refractivity (Wildman–Crippen MR) is 74.7 cm³/mol. The Morgan fingerprint density at radius 2 is 2.24 bits per heavy atom. The van der Waals surface area contributed by atoms with Crippen LogP contribution in [0.4, 0.5) is 0 Å². The van der Waals surface area contributed by atoms with Gasteiger partial charge < -0.3 is 4.74 Å². The van der Waals surface area contributed by atoms with Gasteiger partial charge in [-0.05, 0) is 24.6 Å². The molecule has 0 bridgehead atoms. The van der Waals surface area contributed by atoms with Crippen molar-refractivity contribution in [1.82, 2.24) is 15.0 Å². The summed E-state index contributed by atoms with van der Waals surface area (Å²) in [7, 11) is 0. The fraction of sp³-hybridized carbons (Fsp3) is 0.286. The predicted octanol–water partition coefficient (Wildman–Crippen LogP) is 1.77. The number of rotatable bonds is 2. The van der Waals surface area contributed by atoms with Gasteiger partial charge in [-0.25, -0.2) is 9.48 Å². The van der Waals surface area contributed by atoms with Gasteiger partial charge >= 0.3 is 5.97 Å². The van der Waals surface area contributed by atoms with Crippen LogP contribution in [-0.4, -0.2) is 33.4 Å². The number of carbonyl (C=O) groups is 2. The molecule has 0 radical (unpaired) electrons. The van der Waals surface area contributed by atoms with Crippen LogP contribution < -0.4 is 0 Å². The van der Waals surface area contributed by atoms with E-state index in [0.29, 0.717) is 16.4 Å². The van der Waals surface area contributed by atoms with Crippen molar-refractivity contribution in [2.45, 2.75) is 19.8 Å². The molecule has 1 aliphatic heterocycles. The molecule has 0 spiro atoms. The Bertz CT molecular complexity index is 739. The minimum Gasteiger partial charge on any atom is -0.461 e. The Morgan fingerprint density at radius 1 is 1.43 bits per heavy atom. The number of hydrogen-bond acceptors (Lipinski definition) is 5. The lowest BCUT2D eigenvalue weighted by molar-refractivity contribution is -0.117. The quantitative estimate of drug-likeness (QED) is 0.790. The number of benzene rings is 1. The fourth-order valence-corrected chi connectivity index (χ4v) is 2.52. The summed E-state index contributed by atoms with van der Waals surface area (Å²) < 4.78 is 6.45. The van der Waals surface area contributed by atoms with Crippen molar-refractivity contribution in [1.29, 1.82) is 0 Å². The monoisotopic (exact) mass is 305 g/mol. The van der Waals surface area contributed by atoms with Crippen molar-refractivity contribution >= 4 is 23.4 Å². The minimum atomic E-state index is -0.572. The molecule has 0 unspecified atom stereocenters. The van der Waals surface area contributed by atoms with Gasteiger partial charge in [0.25, 0.3) is 0 Å². The summed E-state index contributed by atoms with van der Waals surface area (Å²) in [5.74, 6) is -0.581. The molecule has 108 valence electrons. The molecule has 0 saturated carbocycles. The maximum Gasteiger partial charge on any atom is 0.360 e. The summed E-state index contributed by atoms with van der Waals surface area (Å²) in [6.45, 7) is 1.95. The normalized spacial score (nSPS) is 13.3. The van der Waals surface area contributed by atoms with Crippen LogP contribution >= 0.6 is 11.6 Å². The van der Waals surface area contributed by atoms with Crippen molar-refractivity contribution in [3.63, 3.8) is 0 Å². The Kier molecular flexibility index (Phi) is 3.47. The van der Waals surface area contributed by atoms with Gasteiger partial charge in [-0.1, -0.05) is 22.9 Å². The Hall–Kier alpha value is -2.21. The first-order chi connectivity index (χ1) is 10.1. The van der Waals surface area contributed by atoms with Gasteiger partial charge in [-0.3, -0.25) is 4.79 Å². The number of carbonyl (C=O) groups excluding carboxylic acids is 2. The van der Waals surface area contributed by atoms with E-state index in [4.69, 9.17) is 16.3 Å². The molecule has 0 saturated heterocycles. The first-order valence-corrected chi connectivity index (χ1v) is 6.90. The van der Waals surface area contributed by atoms with E-state index in [0.717, 1.165) is 5.56 Å². The molecule has 0 N–H and O–H groups in total. The average molecular weight is 306 g/mol. The summed E-state index contributed by atoms with van der Waals surface area (Å²) >= 11 is 6.01. The largest absolute Gasteiger partial charge is 0.461 e. The van der Waals surface area contributed by atoms with Crippen LogP contribution in [0.5, 0.6) is 0 Å². The van der Waals surface area contributed by atoms with Crippen LogP contribution in [0, 0.1) is 0 Å². The van der Waals surface area contributed by atoms with Gasteiger partial charge in [0, 0.05) is 11.4 Å². The molecular weight excluding hydrogens is 294 g/mol. The highest BCUT2D eigenvalue weighted by Crippen LogP contribution is 2.26. The Labute approximate surface area is 125 Å². The zero-order chi connectivity index (χ0) is 15.0. The number of halogens is 1. The maximum absolute atomic E-state index is 12.1. The number of Topliss-reactive ketones (excluding diaryl/α,β-unsaturated/α-hetero) is 1. The average Bonchev–Trinajstić information content (AvgIpc) is 2.79. The highest BCUT2D eigenvalue weighted by Gasteiger charge is 2.27. The molecule has 2 aromatic rings.